The topological polar surface area (TPSA) is 42.9 Å². The monoisotopic (exact) mass is 226 g/mol. The lowest BCUT2D eigenvalue weighted by molar-refractivity contribution is 0.0811. The fourth-order valence-electron chi connectivity index (χ4n) is 2.40. The largest absolute Gasteiger partial charge is 0.293 e. The van der Waals surface area contributed by atoms with E-state index in [1.807, 2.05) is 38.1 Å². The molecule has 1 aromatic heterocycles. The first-order valence-electron chi connectivity index (χ1n) is 5.89. The zero-order valence-electron chi connectivity index (χ0n) is 10.0. The van der Waals surface area contributed by atoms with Gasteiger partial charge in [0.15, 0.2) is 5.78 Å². The summed E-state index contributed by atoms with van der Waals surface area (Å²) >= 11 is 0. The van der Waals surface area contributed by atoms with E-state index in [9.17, 15) is 4.79 Å². The van der Waals surface area contributed by atoms with Gasteiger partial charge in [0.1, 0.15) is 0 Å². The van der Waals surface area contributed by atoms with Crippen LogP contribution in [0.5, 0.6) is 0 Å². The summed E-state index contributed by atoms with van der Waals surface area (Å²) in [5, 5.41) is 9.31. The molecule has 0 fully saturated rings. The van der Waals surface area contributed by atoms with Gasteiger partial charge in [-0.25, -0.2) is 0 Å². The molecule has 0 saturated heterocycles. The number of ketones is 1. The van der Waals surface area contributed by atoms with Gasteiger partial charge in [-0.1, -0.05) is 32.0 Å². The van der Waals surface area contributed by atoms with Gasteiger partial charge in [-0.15, -0.1) is 0 Å². The maximum Gasteiger partial charge on any atom is 0.171 e. The molecule has 0 aliphatic heterocycles. The van der Waals surface area contributed by atoms with Crippen LogP contribution in [0, 0.1) is 5.41 Å². The molecule has 17 heavy (non-hydrogen) atoms. The normalized spacial score (nSPS) is 18.1. The molecule has 86 valence electrons. The second kappa shape index (κ2) is 3.36. The van der Waals surface area contributed by atoms with Crippen molar-refractivity contribution in [2.45, 2.75) is 26.7 Å². The summed E-state index contributed by atoms with van der Waals surface area (Å²) in [6, 6.07) is 7.72. The molecule has 0 radical (unpaired) electrons. The molecule has 1 aliphatic carbocycles. The summed E-state index contributed by atoms with van der Waals surface area (Å²) in [6.07, 6.45) is 1.69. The molecular formula is C14H14N2O. The van der Waals surface area contributed by atoms with Gasteiger partial charge < -0.3 is 0 Å². The summed E-state index contributed by atoms with van der Waals surface area (Å²) in [5.41, 5.74) is 2.16. The number of aryl methyl sites for hydroxylation is 1. The maximum atomic E-state index is 12.5. The van der Waals surface area contributed by atoms with Crippen LogP contribution in [0.15, 0.2) is 24.3 Å². The first kappa shape index (κ1) is 10.4. The van der Waals surface area contributed by atoms with Crippen LogP contribution in [0.1, 0.15) is 36.3 Å². The van der Waals surface area contributed by atoms with E-state index in [2.05, 4.69) is 10.2 Å². The molecule has 2 aromatic rings. The van der Waals surface area contributed by atoms with Crippen molar-refractivity contribution < 1.29 is 4.79 Å². The summed E-state index contributed by atoms with van der Waals surface area (Å²) in [4.78, 5) is 12.5. The van der Waals surface area contributed by atoms with E-state index in [1.165, 1.54) is 0 Å². The number of carbonyl (C=O) groups is 1. The minimum atomic E-state index is -0.279. The van der Waals surface area contributed by atoms with Gasteiger partial charge >= 0.3 is 0 Å². The molecule has 0 unspecified atom stereocenters. The number of carbonyl (C=O) groups excluding carboxylic acids is 1. The lowest BCUT2D eigenvalue weighted by Gasteiger charge is -2.29. The van der Waals surface area contributed by atoms with E-state index >= 15 is 0 Å². The van der Waals surface area contributed by atoms with Gasteiger partial charge in [-0.3, -0.25) is 4.79 Å². The van der Waals surface area contributed by atoms with Crippen LogP contribution in [0.3, 0.4) is 0 Å². The average Bonchev–Trinajstić information content (AvgIpc) is 2.33. The maximum absolute atomic E-state index is 12.5. The van der Waals surface area contributed by atoms with Gasteiger partial charge in [0.2, 0.25) is 0 Å². The quantitative estimate of drug-likeness (QED) is 0.693. The van der Waals surface area contributed by atoms with Crippen molar-refractivity contribution in [1.29, 1.82) is 0 Å². The average molecular weight is 226 g/mol. The van der Waals surface area contributed by atoms with Crippen molar-refractivity contribution >= 4 is 16.7 Å². The van der Waals surface area contributed by atoms with Crippen LogP contribution < -0.4 is 0 Å². The number of benzene rings is 1. The van der Waals surface area contributed by atoms with Crippen LogP contribution in [0.4, 0.5) is 0 Å². The zero-order valence-corrected chi connectivity index (χ0v) is 10.0. The predicted octanol–water partition coefficient (Wildman–Crippen LogP) is 2.78. The fourth-order valence-corrected chi connectivity index (χ4v) is 2.40. The minimum Gasteiger partial charge on any atom is -0.293 e. The summed E-state index contributed by atoms with van der Waals surface area (Å²) < 4.78 is 0. The second-order valence-electron chi connectivity index (χ2n) is 5.25. The zero-order chi connectivity index (χ0) is 12.0. The Bertz CT molecular complexity index is 617. The van der Waals surface area contributed by atoms with Crippen LogP contribution in [-0.4, -0.2) is 16.0 Å². The number of rotatable bonds is 0. The molecule has 0 atom stereocenters. The molecule has 0 saturated carbocycles. The van der Waals surface area contributed by atoms with Gasteiger partial charge in [-0.05, 0) is 18.9 Å². The molecule has 3 nitrogen and oxygen atoms in total. The number of nitrogens with zero attached hydrogens (tertiary/aromatic N) is 2. The lowest BCUT2D eigenvalue weighted by atomic mass is 9.74. The van der Waals surface area contributed by atoms with Crippen molar-refractivity contribution in [3.63, 3.8) is 0 Å². The van der Waals surface area contributed by atoms with E-state index in [4.69, 9.17) is 0 Å². The van der Waals surface area contributed by atoms with E-state index in [0.29, 0.717) is 0 Å². The van der Waals surface area contributed by atoms with Gasteiger partial charge in [0.05, 0.1) is 16.8 Å². The summed E-state index contributed by atoms with van der Waals surface area (Å²) in [6.45, 7) is 4.01. The van der Waals surface area contributed by atoms with Gasteiger partial charge in [0, 0.05) is 10.8 Å². The third-order valence-corrected chi connectivity index (χ3v) is 3.57. The Morgan fingerprint density at radius 2 is 1.94 bits per heavy atom. The van der Waals surface area contributed by atoms with E-state index in [-0.39, 0.29) is 11.2 Å². The number of hydrogen-bond acceptors (Lipinski definition) is 3. The SMILES string of the molecule is CC1(C)CCc2nnc3ccccc3c2C1=O. The Hall–Kier alpha value is -1.77. The van der Waals surface area contributed by atoms with Crippen LogP contribution in [0.25, 0.3) is 10.9 Å². The highest BCUT2D eigenvalue weighted by atomic mass is 16.1. The van der Waals surface area contributed by atoms with Gasteiger partial charge in [-0.2, -0.15) is 10.2 Å². The molecule has 1 aromatic carbocycles. The molecule has 1 heterocycles. The Kier molecular flexibility index (Phi) is 2.05. The molecule has 1 aliphatic rings. The first-order chi connectivity index (χ1) is 8.09. The van der Waals surface area contributed by atoms with Crippen molar-refractivity contribution in [3.05, 3.63) is 35.5 Å². The van der Waals surface area contributed by atoms with E-state index in [1.54, 1.807) is 0 Å². The Balaban J connectivity index is 2.35. The molecular weight excluding hydrogens is 212 g/mol. The predicted molar refractivity (Wildman–Crippen MR) is 66.0 cm³/mol. The number of fused-ring (bicyclic) bond motifs is 3. The van der Waals surface area contributed by atoms with E-state index in [0.717, 1.165) is 35.0 Å². The van der Waals surface area contributed by atoms with E-state index < -0.39 is 0 Å². The molecule has 0 bridgehead atoms. The van der Waals surface area contributed by atoms with Crippen molar-refractivity contribution in [2.75, 3.05) is 0 Å². The Morgan fingerprint density at radius 1 is 1.18 bits per heavy atom. The Morgan fingerprint density at radius 3 is 2.76 bits per heavy atom. The lowest BCUT2D eigenvalue weighted by Crippen LogP contribution is -2.31. The number of aromatic nitrogens is 2. The molecule has 0 N–H and O–H groups in total. The molecule has 3 heteroatoms. The van der Waals surface area contributed by atoms with Crippen LogP contribution >= 0.6 is 0 Å². The van der Waals surface area contributed by atoms with Crippen molar-refractivity contribution in [2.24, 2.45) is 5.41 Å². The third-order valence-electron chi connectivity index (χ3n) is 3.57. The van der Waals surface area contributed by atoms with Crippen molar-refractivity contribution in [3.8, 4) is 0 Å². The van der Waals surface area contributed by atoms with Crippen LogP contribution in [-0.2, 0) is 6.42 Å². The summed E-state index contributed by atoms with van der Waals surface area (Å²) in [5.74, 6) is 0.199. The summed E-state index contributed by atoms with van der Waals surface area (Å²) in [7, 11) is 0. The first-order valence-corrected chi connectivity index (χ1v) is 5.89. The fraction of sp³-hybridized carbons (Fsp3) is 0.357. The standard InChI is InChI=1S/C14H14N2O/c1-14(2)8-7-11-12(13(14)17)9-5-3-4-6-10(9)15-16-11/h3-6H,7-8H2,1-2H3. The Labute approximate surface area is 99.9 Å². The highest BCUT2D eigenvalue weighted by molar-refractivity contribution is 6.11. The highest BCUT2D eigenvalue weighted by Gasteiger charge is 2.36. The number of Topliss-reactive ketones (excluding diaryl/α,β-unsaturated/α-hetero) is 1. The number of hydrogen-bond donors (Lipinski definition) is 0. The molecule has 0 spiro atoms. The van der Waals surface area contributed by atoms with Crippen LogP contribution in [0.2, 0.25) is 0 Å². The molecule has 3 rings (SSSR count). The van der Waals surface area contributed by atoms with Gasteiger partial charge in [0.25, 0.3) is 0 Å². The smallest absolute Gasteiger partial charge is 0.171 e. The highest BCUT2D eigenvalue weighted by Crippen LogP contribution is 2.36. The third kappa shape index (κ3) is 1.46. The minimum absolute atomic E-state index is 0.199. The van der Waals surface area contributed by atoms with Crippen molar-refractivity contribution in [1.82, 2.24) is 10.2 Å². The second-order valence-corrected chi connectivity index (χ2v) is 5.25. The molecule has 0 amide bonds.